The Morgan fingerprint density at radius 1 is 1.31 bits per heavy atom. The van der Waals surface area contributed by atoms with Crippen LogP contribution in [-0.4, -0.2) is 35.9 Å². The van der Waals surface area contributed by atoms with Crippen LogP contribution in [0.2, 0.25) is 0 Å². The quantitative estimate of drug-likeness (QED) is 0.663. The predicted molar refractivity (Wildman–Crippen MR) is 52.5 cm³/mol. The molecule has 13 heavy (non-hydrogen) atoms. The molecule has 2 amide bonds. The minimum absolute atomic E-state index is 0.0684. The van der Waals surface area contributed by atoms with Crippen LogP contribution in [0.3, 0.4) is 0 Å². The fourth-order valence-electron chi connectivity index (χ4n) is 1.18. The number of hydrogen-bond donors (Lipinski definition) is 2. The first-order valence-corrected chi connectivity index (χ1v) is 5.64. The second kappa shape index (κ2) is 4.50. The smallest absolute Gasteiger partial charge is 0.243 e. The first-order valence-electron chi connectivity index (χ1n) is 4.25. The van der Waals surface area contributed by atoms with Gasteiger partial charge in [-0.25, -0.2) is 0 Å². The van der Waals surface area contributed by atoms with Crippen LogP contribution in [0.4, 0.5) is 0 Å². The van der Waals surface area contributed by atoms with E-state index in [4.69, 9.17) is 0 Å². The van der Waals surface area contributed by atoms with E-state index in [1.165, 1.54) is 0 Å². The van der Waals surface area contributed by atoms with E-state index in [-0.39, 0.29) is 17.9 Å². The van der Waals surface area contributed by atoms with Crippen molar-refractivity contribution in [1.82, 2.24) is 10.6 Å². The lowest BCUT2D eigenvalue weighted by atomic mass is 10.1. The number of rotatable bonds is 3. The van der Waals surface area contributed by atoms with Gasteiger partial charge in [-0.05, 0) is 25.4 Å². The Morgan fingerprint density at radius 2 is 2.00 bits per heavy atom. The van der Waals surface area contributed by atoms with Gasteiger partial charge in [-0.15, -0.1) is 0 Å². The van der Waals surface area contributed by atoms with Crippen LogP contribution >= 0.6 is 11.8 Å². The van der Waals surface area contributed by atoms with E-state index in [1.807, 2.05) is 6.26 Å². The van der Waals surface area contributed by atoms with Crippen molar-refractivity contribution >= 4 is 23.6 Å². The van der Waals surface area contributed by atoms with Crippen molar-refractivity contribution in [2.45, 2.75) is 25.4 Å². The predicted octanol–water partition coefficient (Wildman–Crippen LogP) is -0.257. The molecule has 1 rings (SSSR count). The second-order valence-corrected chi connectivity index (χ2v) is 4.06. The molecule has 1 unspecified atom stereocenters. The minimum Gasteiger partial charge on any atom is -0.343 e. The standard InChI is InChI=1S/C8H14N2O2S/c1-5-7(11)10-6(3-4-13-2)8(12)9-5/h5-6H,3-4H2,1-2H3,(H,9,12)(H,10,11)/t5?,6-/m1/s1. The van der Waals surface area contributed by atoms with E-state index in [0.29, 0.717) is 6.42 Å². The number of amides is 2. The summed E-state index contributed by atoms with van der Waals surface area (Å²) in [5.74, 6) is 0.721. The minimum atomic E-state index is -0.391. The molecule has 1 saturated heterocycles. The lowest BCUT2D eigenvalue weighted by molar-refractivity contribution is -0.136. The summed E-state index contributed by atoms with van der Waals surface area (Å²) in [6.45, 7) is 1.68. The molecule has 4 nitrogen and oxygen atoms in total. The van der Waals surface area contributed by atoms with Gasteiger partial charge in [0.15, 0.2) is 0 Å². The van der Waals surface area contributed by atoms with Gasteiger partial charge in [0.2, 0.25) is 11.8 Å². The summed E-state index contributed by atoms with van der Waals surface area (Å²) in [4.78, 5) is 22.5. The highest BCUT2D eigenvalue weighted by atomic mass is 32.2. The van der Waals surface area contributed by atoms with Gasteiger partial charge in [0.1, 0.15) is 12.1 Å². The summed E-state index contributed by atoms with van der Waals surface area (Å²) in [7, 11) is 0. The first kappa shape index (κ1) is 10.4. The maximum atomic E-state index is 11.3. The summed E-state index contributed by atoms with van der Waals surface area (Å²) >= 11 is 1.67. The first-order chi connectivity index (χ1) is 6.15. The summed E-state index contributed by atoms with van der Waals surface area (Å²) < 4.78 is 0. The van der Waals surface area contributed by atoms with Crippen molar-refractivity contribution in [3.63, 3.8) is 0 Å². The van der Waals surface area contributed by atoms with Crippen molar-refractivity contribution in [3.8, 4) is 0 Å². The highest BCUT2D eigenvalue weighted by Gasteiger charge is 2.29. The number of piperazine rings is 1. The zero-order valence-electron chi connectivity index (χ0n) is 7.79. The number of carbonyl (C=O) groups excluding carboxylic acids is 2. The van der Waals surface area contributed by atoms with E-state index in [0.717, 1.165) is 5.75 Å². The van der Waals surface area contributed by atoms with E-state index in [1.54, 1.807) is 18.7 Å². The van der Waals surface area contributed by atoms with Gasteiger partial charge in [-0.2, -0.15) is 11.8 Å². The Hall–Kier alpha value is -0.710. The molecular formula is C8H14N2O2S. The Morgan fingerprint density at radius 3 is 2.62 bits per heavy atom. The molecule has 1 aliphatic rings. The molecule has 2 atom stereocenters. The zero-order chi connectivity index (χ0) is 9.84. The third-order valence-corrected chi connectivity index (χ3v) is 2.64. The van der Waals surface area contributed by atoms with Crippen molar-refractivity contribution in [2.75, 3.05) is 12.0 Å². The van der Waals surface area contributed by atoms with Gasteiger partial charge >= 0.3 is 0 Å². The van der Waals surface area contributed by atoms with Crippen LogP contribution in [0.1, 0.15) is 13.3 Å². The molecule has 5 heteroatoms. The van der Waals surface area contributed by atoms with Gasteiger partial charge in [0, 0.05) is 0 Å². The Bertz CT molecular complexity index is 220. The molecule has 1 aliphatic heterocycles. The highest BCUT2D eigenvalue weighted by Crippen LogP contribution is 2.04. The molecule has 0 saturated carbocycles. The highest BCUT2D eigenvalue weighted by molar-refractivity contribution is 7.98. The van der Waals surface area contributed by atoms with Gasteiger partial charge in [-0.1, -0.05) is 0 Å². The largest absolute Gasteiger partial charge is 0.343 e. The van der Waals surface area contributed by atoms with E-state index in [2.05, 4.69) is 10.6 Å². The maximum Gasteiger partial charge on any atom is 0.243 e. The fourth-order valence-corrected chi connectivity index (χ4v) is 1.65. The van der Waals surface area contributed by atoms with Crippen molar-refractivity contribution < 1.29 is 9.59 Å². The molecule has 0 aromatic heterocycles. The molecule has 74 valence electrons. The second-order valence-electron chi connectivity index (χ2n) is 3.07. The zero-order valence-corrected chi connectivity index (χ0v) is 8.61. The average Bonchev–Trinajstić information content (AvgIpc) is 2.09. The van der Waals surface area contributed by atoms with Crippen molar-refractivity contribution in [3.05, 3.63) is 0 Å². The summed E-state index contributed by atoms with van der Waals surface area (Å²) in [6.07, 6.45) is 2.68. The third kappa shape index (κ3) is 2.62. The van der Waals surface area contributed by atoms with Gasteiger partial charge < -0.3 is 10.6 Å². The fraction of sp³-hybridized carbons (Fsp3) is 0.750. The molecule has 0 bridgehead atoms. The van der Waals surface area contributed by atoms with Crippen molar-refractivity contribution in [2.24, 2.45) is 0 Å². The Kier molecular flexibility index (Phi) is 3.59. The Balaban J connectivity index is 2.46. The number of hydrogen-bond acceptors (Lipinski definition) is 3. The SMILES string of the molecule is CSCC[C@H]1NC(=O)C(C)NC1=O. The molecule has 2 N–H and O–H groups in total. The molecule has 0 aromatic carbocycles. The van der Waals surface area contributed by atoms with Crippen LogP contribution in [0.5, 0.6) is 0 Å². The van der Waals surface area contributed by atoms with Gasteiger partial charge in [0.05, 0.1) is 0 Å². The lowest BCUT2D eigenvalue weighted by Crippen LogP contribution is -2.60. The van der Waals surface area contributed by atoms with Crippen molar-refractivity contribution in [1.29, 1.82) is 0 Å². The third-order valence-electron chi connectivity index (χ3n) is 2.00. The normalized spacial score (nSPS) is 28.2. The summed E-state index contributed by atoms with van der Waals surface area (Å²) in [5, 5.41) is 5.31. The van der Waals surface area contributed by atoms with Gasteiger partial charge in [0.25, 0.3) is 0 Å². The summed E-state index contributed by atoms with van der Waals surface area (Å²) in [5.41, 5.74) is 0. The molecule has 0 spiro atoms. The molecule has 1 heterocycles. The van der Waals surface area contributed by atoms with Crippen LogP contribution < -0.4 is 10.6 Å². The van der Waals surface area contributed by atoms with E-state index < -0.39 is 6.04 Å². The number of carbonyl (C=O) groups is 2. The molecule has 0 aromatic rings. The Labute approximate surface area is 81.8 Å². The van der Waals surface area contributed by atoms with Crippen LogP contribution in [-0.2, 0) is 9.59 Å². The molecule has 1 fully saturated rings. The molecular weight excluding hydrogens is 188 g/mol. The number of thioether (sulfide) groups is 1. The summed E-state index contributed by atoms with van der Waals surface area (Å²) in [6, 6.07) is -0.728. The monoisotopic (exact) mass is 202 g/mol. The molecule has 0 aliphatic carbocycles. The lowest BCUT2D eigenvalue weighted by Gasteiger charge is -2.27. The molecule has 0 radical (unpaired) electrons. The van der Waals surface area contributed by atoms with Crippen LogP contribution in [0, 0.1) is 0 Å². The van der Waals surface area contributed by atoms with Crippen LogP contribution in [0.15, 0.2) is 0 Å². The van der Waals surface area contributed by atoms with E-state index in [9.17, 15) is 9.59 Å². The number of nitrogens with one attached hydrogen (secondary N) is 2. The van der Waals surface area contributed by atoms with Gasteiger partial charge in [-0.3, -0.25) is 9.59 Å². The van der Waals surface area contributed by atoms with E-state index >= 15 is 0 Å². The topological polar surface area (TPSA) is 58.2 Å². The van der Waals surface area contributed by atoms with Crippen LogP contribution in [0.25, 0.3) is 0 Å². The average molecular weight is 202 g/mol. The maximum absolute atomic E-state index is 11.3.